The molecule has 2 aliphatic rings. The normalized spacial score (nSPS) is 14.7. The molecule has 0 atom stereocenters. The number of fused-ring (bicyclic) bond motifs is 10. The Morgan fingerprint density at radius 1 is 0.508 bits per heavy atom. The molecule has 5 aromatic heterocycles. The van der Waals surface area contributed by atoms with Crippen LogP contribution in [-0.4, -0.2) is 33.3 Å². The molecule has 0 spiro atoms. The fraction of sp³-hybridized carbons (Fsp3) is 0.127. The van der Waals surface area contributed by atoms with Gasteiger partial charge >= 0.3 is 0 Å². The molecule has 6 nitrogen and oxygen atoms in total. The molecule has 0 amide bonds. The van der Waals surface area contributed by atoms with Gasteiger partial charge in [0, 0.05) is 26.8 Å². The van der Waals surface area contributed by atoms with E-state index < -0.39 is 0 Å². The predicted octanol–water partition coefficient (Wildman–Crippen LogP) is 15.1. The third-order valence-electron chi connectivity index (χ3n) is 13.1. The zero-order chi connectivity index (χ0) is 44.0. The summed E-state index contributed by atoms with van der Waals surface area (Å²) >= 11 is 6.62. The first-order valence-electron chi connectivity index (χ1n) is 21.5. The van der Waals surface area contributed by atoms with Crippen LogP contribution in [0.25, 0.3) is 76.6 Å². The van der Waals surface area contributed by atoms with E-state index in [1.807, 2.05) is 18.2 Å². The van der Waals surface area contributed by atoms with Gasteiger partial charge in [0.15, 0.2) is 29.1 Å². The van der Waals surface area contributed by atoms with E-state index in [0.717, 1.165) is 36.5 Å². The molecule has 0 N–H and O–H groups in total. The van der Waals surface area contributed by atoms with Gasteiger partial charge in [-0.2, -0.15) is 0 Å². The molecule has 0 radical (unpaired) electrons. The summed E-state index contributed by atoms with van der Waals surface area (Å²) in [5.74, 6) is 3.31. The van der Waals surface area contributed by atoms with E-state index in [1.54, 1.807) is 45.3 Å². The molecule has 5 heterocycles. The van der Waals surface area contributed by atoms with Crippen molar-refractivity contribution in [3.8, 4) is 55.0 Å². The van der Waals surface area contributed by atoms with E-state index in [2.05, 4.69) is 164 Å². The molecule has 2 aliphatic carbocycles. The van der Waals surface area contributed by atoms with Crippen molar-refractivity contribution in [3.05, 3.63) is 180 Å². The Kier molecular flexibility index (Phi) is 9.40. The Hall–Kier alpha value is -6.56. The molecule has 314 valence electrons. The topological polar surface area (TPSA) is 75.8 Å². The highest BCUT2D eigenvalue weighted by Crippen LogP contribution is 2.59. The number of aliphatic imine (C=N–C) groups is 3. The van der Waals surface area contributed by atoms with Gasteiger partial charge in [0.2, 0.25) is 0 Å². The highest BCUT2D eigenvalue weighted by atomic mass is 32.1. The lowest BCUT2D eigenvalue weighted by molar-refractivity contribution is 0.652. The zero-order valence-electron chi connectivity index (χ0n) is 36.1. The van der Waals surface area contributed by atoms with E-state index in [4.69, 9.17) is 24.9 Å². The van der Waals surface area contributed by atoms with Crippen molar-refractivity contribution in [3.63, 3.8) is 0 Å². The van der Waals surface area contributed by atoms with Crippen molar-refractivity contribution < 1.29 is 0 Å². The maximum atomic E-state index is 5.21. The van der Waals surface area contributed by atoms with Crippen molar-refractivity contribution in [2.45, 2.75) is 45.1 Å². The van der Waals surface area contributed by atoms with Gasteiger partial charge in [-0.1, -0.05) is 100 Å². The fourth-order valence-corrected chi connectivity index (χ4v) is 12.6. The summed E-state index contributed by atoms with van der Waals surface area (Å²) in [6.07, 6.45) is 0. The monoisotopic (exact) mass is 912 g/mol. The standard InChI is InChI=1S/C55H40N6S4/c1-54(2)40-29-39-41(28-38(40)47-34-17-8-6-15-32(34)36(26-42(47)54)49(56-5)58-51(44-19-11-23-63-44)57-30-31-14-10-22-62-31)55(3,4)43-27-37(33-16-7-9-18-35(33)48(39)43)50-59-52(45-20-12-24-64-45)61-53(60-50)46-21-13-25-65-46/h6-29H,5,30H2,1-4H3/b57-51-,58-49-. The Labute approximate surface area is 393 Å². The van der Waals surface area contributed by atoms with E-state index >= 15 is 0 Å². The first-order valence-corrected chi connectivity index (χ1v) is 25.0. The molecule has 0 saturated carbocycles. The number of rotatable bonds is 7. The fourth-order valence-electron chi connectivity index (χ4n) is 9.96. The summed E-state index contributed by atoms with van der Waals surface area (Å²) in [5.41, 5.74) is 11.6. The number of nitrogens with zero attached hydrogens (tertiary/aromatic N) is 6. The number of benzene rings is 5. The number of amidine groups is 2. The van der Waals surface area contributed by atoms with Gasteiger partial charge in [-0.3, -0.25) is 4.99 Å². The first-order chi connectivity index (χ1) is 31.7. The second-order valence-corrected chi connectivity index (χ2v) is 21.4. The zero-order valence-corrected chi connectivity index (χ0v) is 39.4. The summed E-state index contributed by atoms with van der Waals surface area (Å²) in [6.45, 7) is 14.1. The van der Waals surface area contributed by atoms with Gasteiger partial charge in [0.25, 0.3) is 0 Å². The third-order valence-corrected chi connectivity index (χ3v) is 16.6. The second-order valence-electron chi connectivity index (χ2n) is 17.5. The van der Waals surface area contributed by atoms with Gasteiger partial charge in [0.1, 0.15) is 0 Å². The molecule has 10 aromatic rings. The van der Waals surface area contributed by atoms with Crippen LogP contribution in [0.5, 0.6) is 0 Å². The van der Waals surface area contributed by atoms with Crippen LogP contribution in [0.15, 0.2) is 158 Å². The lowest BCUT2D eigenvalue weighted by Gasteiger charge is -2.24. The molecule has 0 saturated heterocycles. The second kappa shape index (κ2) is 15.3. The van der Waals surface area contributed by atoms with E-state index in [1.165, 1.54) is 60.2 Å². The van der Waals surface area contributed by atoms with Crippen LogP contribution in [0, 0.1) is 0 Å². The van der Waals surface area contributed by atoms with E-state index in [-0.39, 0.29) is 10.8 Å². The summed E-state index contributed by atoms with van der Waals surface area (Å²) < 4.78 is 0. The average Bonchev–Trinajstić information content (AvgIpc) is 4.20. The van der Waals surface area contributed by atoms with Crippen LogP contribution in [-0.2, 0) is 17.4 Å². The summed E-state index contributed by atoms with van der Waals surface area (Å²) in [5, 5.41) is 12.9. The van der Waals surface area contributed by atoms with Gasteiger partial charge in [0.05, 0.1) is 21.2 Å². The smallest absolute Gasteiger partial charge is 0.174 e. The number of thiophene rings is 4. The lowest BCUT2D eigenvalue weighted by atomic mass is 9.79. The number of hydrogen-bond donors (Lipinski definition) is 0. The molecule has 0 bridgehead atoms. The minimum atomic E-state index is -0.335. The molecular formula is C55H40N6S4. The minimum absolute atomic E-state index is 0.325. The van der Waals surface area contributed by atoms with E-state index in [9.17, 15) is 0 Å². The van der Waals surface area contributed by atoms with Crippen LogP contribution >= 0.6 is 45.3 Å². The molecule has 5 aromatic carbocycles. The summed E-state index contributed by atoms with van der Waals surface area (Å²) in [7, 11) is 0. The maximum Gasteiger partial charge on any atom is 0.174 e. The third kappa shape index (κ3) is 6.37. The van der Waals surface area contributed by atoms with Gasteiger partial charge < -0.3 is 0 Å². The molecule has 0 unspecified atom stereocenters. The highest BCUT2D eigenvalue weighted by molar-refractivity contribution is 7.14. The number of aromatic nitrogens is 3. The van der Waals surface area contributed by atoms with Crippen LogP contribution < -0.4 is 0 Å². The molecule has 0 fully saturated rings. The Bertz CT molecular complexity index is 3520. The highest BCUT2D eigenvalue weighted by Gasteiger charge is 2.43. The quantitative estimate of drug-likeness (QED) is 0.118. The lowest BCUT2D eigenvalue weighted by Crippen LogP contribution is -2.17. The van der Waals surface area contributed by atoms with Crippen molar-refractivity contribution in [2.24, 2.45) is 15.0 Å². The Balaban J connectivity index is 1.03. The van der Waals surface area contributed by atoms with Crippen LogP contribution in [0.1, 0.15) is 65.3 Å². The van der Waals surface area contributed by atoms with Crippen LogP contribution in [0.4, 0.5) is 0 Å². The van der Waals surface area contributed by atoms with Crippen molar-refractivity contribution in [2.75, 3.05) is 0 Å². The van der Waals surface area contributed by atoms with Crippen molar-refractivity contribution in [1.29, 1.82) is 0 Å². The van der Waals surface area contributed by atoms with Gasteiger partial charge in [-0.05, 0) is 143 Å². The molecule has 12 rings (SSSR count). The molecule has 0 aliphatic heterocycles. The predicted molar refractivity (Wildman–Crippen MR) is 277 cm³/mol. The molecule has 65 heavy (non-hydrogen) atoms. The number of hydrogen-bond acceptors (Lipinski definition) is 8. The minimum Gasteiger partial charge on any atom is -0.260 e. The maximum absolute atomic E-state index is 5.21. The SMILES string of the molecule is C=N/C(=N\C(=N/Cc1cccs1)c1cccs1)c1cc2c(c3ccccc13)-c1cc3c(cc1C2(C)C)-c1c(cc(-c2nc(-c4cccs4)nc(-c4cccs4)n2)c2ccccc12)C3(C)C. The largest absolute Gasteiger partial charge is 0.260 e. The summed E-state index contributed by atoms with van der Waals surface area (Å²) in [6, 6.07) is 43.7. The average molecular weight is 913 g/mol. The summed E-state index contributed by atoms with van der Waals surface area (Å²) in [4.78, 5) is 34.5. The first kappa shape index (κ1) is 40.0. The Morgan fingerprint density at radius 3 is 1.60 bits per heavy atom. The molecule has 10 heteroatoms. The van der Waals surface area contributed by atoms with Crippen LogP contribution in [0.3, 0.4) is 0 Å². The van der Waals surface area contributed by atoms with E-state index in [0.29, 0.717) is 35.7 Å². The van der Waals surface area contributed by atoms with Crippen molar-refractivity contribution in [1.82, 2.24) is 15.0 Å². The van der Waals surface area contributed by atoms with Crippen molar-refractivity contribution >= 4 is 85.3 Å². The van der Waals surface area contributed by atoms with Gasteiger partial charge in [-0.15, -0.1) is 45.3 Å². The molecular weight excluding hydrogens is 873 g/mol. The Morgan fingerprint density at radius 2 is 1.03 bits per heavy atom. The van der Waals surface area contributed by atoms with Gasteiger partial charge in [-0.25, -0.2) is 24.9 Å². The van der Waals surface area contributed by atoms with Crippen LogP contribution in [0.2, 0.25) is 0 Å².